The highest BCUT2D eigenvalue weighted by atomic mass is 79.9. The van der Waals surface area contributed by atoms with Crippen molar-refractivity contribution >= 4 is 21.6 Å². The van der Waals surface area contributed by atoms with Crippen LogP contribution in [0.5, 0.6) is 0 Å². The zero-order valence-electron chi connectivity index (χ0n) is 11.3. The van der Waals surface area contributed by atoms with E-state index in [9.17, 15) is 4.79 Å². The molecule has 1 saturated heterocycles. The van der Waals surface area contributed by atoms with Crippen LogP contribution in [0.2, 0.25) is 0 Å². The zero-order chi connectivity index (χ0) is 13.8. The van der Waals surface area contributed by atoms with Gasteiger partial charge in [0, 0.05) is 31.0 Å². The van der Waals surface area contributed by atoms with Crippen molar-refractivity contribution in [3.63, 3.8) is 0 Å². The van der Waals surface area contributed by atoms with E-state index in [4.69, 9.17) is 4.74 Å². The van der Waals surface area contributed by atoms with E-state index in [0.29, 0.717) is 22.5 Å². The molecule has 0 aromatic carbocycles. The molecule has 1 saturated carbocycles. The topological polar surface area (TPSA) is 56.1 Å². The third-order valence-corrected chi connectivity index (χ3v) is 5.26. The molecule has 0 spiro atoms. The lowest BCUT2D eigenvalue weighted by atomic mass is 9.57. The molecule has 3 rings (SSSR count). The fraction of sp³-hybridized carbons (Fsp3) is 0.692. The molecule has 104 valence electrons. The number of hydrogen-bond acceptors (Lipinski definition) is 4. The Morgan fingerprint density at radius 1 is 1.58 bits per heavy atom. The summed E-state index contributed by atoms with van der Waals surface area (Å²) in [4.78, 5) is 11.9. The third-order valence-electron chi connectivity index (χ3n) is 4.49. The van der Waals surface area contributed by atoms with E-state index in [1.54, 1.807) is 13.2 Å². The van der Waals surface area contributed by atoms with Gasteiger partial charge in [-0.25, -0.2) is 4.68 Å². The molecule has 1 aliphatic heterocycles. The summed E-state index contributed by atoms with van der Waals surface area (Å²) in [6, 6.07) is 0.324. The van der Waals surface area contributed by atoms with Crippen molar-refractivity contribution in [2.24, 2.45) is 18.4 Å². The second-order valence-corrected chi connectivity index (χ2v) is 6.78. The number of nitrogens with one attached hydrogen (secondary N) is 1. The zero-order valence-corrected chi connectivity index (χ0v) is 12.9. The summed E-state index contributed by atoms with van der Waals surface area (Å²) in [7, 11) is 1.64. The van der Waals surface area contributed by atoms with Crippen LogP contribution in [0.4, 0.5) is 5.69 Å². The smallest absolute Gasteiger partial charge is 0.282 e. The first kappa shape index (κ1) is 13.1. The van der Waals surface area contributed by atoms with Crippen LogP contribution in [0.25, 0.3) is 0 Å². The van der Waals surface area contributed by atoms with Gasteiger partial charge in [0.25, 0.3) is 5.56 Å². The van der Waals surface area contributed by atoms with Crippen LogP contribution >= 0.6 is 15.9 Å². The van der Waals surface area contributed by atoms with Gasteiger partial charge in [-0.2, -0.15) is 5.10 Å². The first-order valence-corrected chi connectivity index (χ1v) is 7.32. The second kappa shape index (κ2) is 4.31. The predicted molar refractivity (Wildman–Crippen MR) is 76.2 cm³/mol. The van der Waals surface area contributed by atoms with Crippen molar-refractivity contribution in [3.8, 4) is 0 Å². The highest BCUT2D eigenvalue weighted by molar-refractivity contribution is 9.10. The molecule has 2 fully saturated rings. The Hall–Kier alpha value is -0.880. The van der Waals surface area contributed by atoms with Crippen molar-refractivity contribution in [1.29, 1.82) is 0 Å². The normalized spacial score (nSPS) is 31.7. The molecule has 6 heteroatoms. The Kier molecular flexibility index (Phi) is 2.98. The molecule has 19 heavy (non-hydrogen) atoms. The standard InChI is InChI=1S/C13H18BrN3O2/c1-13(2)10(7-4-5-19-11(7)13)16-8-6-15-17(3)12(18)9(8)14/h6-7,10-11,16H,4-5H2,1-3H3/t7-,10+,11+/m0/s1. The van der Waals surface area contributed by atoms with Crippen molar-refractivity contribution in [2.45, 2.75) is 32.4 Å². The lowest BCUT2D eigenvalue weighted by Gasteiger charge is -2.55. The van der Waals surface area contributed by atoms with E-state index in [1.807, 2.05) is 0 Å². The third kappa shape index (κ3) is 1.84. The quantitative estimate of drug-likeness (QED) is 0.899. The molecular formula is C13H18BrN3O2. The Balaban J connectivity index is 1.87. The number of nitrogens with zero attached hydrogens (tertiary/aromatic N) is 2. The molecule has 1 N–H and O–H groups in total. The molecular weight excluding hydrogens is 310 g/mol. The summed E-state index contributed by atoms with van der Waals surface area (Å²) in [5.74, 6) is 0.533. The van der Waals surface area contributed by atoms with Crippen LogP contribution in [0.15, 0.2) is 15.5 Å². The molecule has 5 nitrogen and oxygen atoms in total. The van der Waals surface area contributed by atoms with Gasteiger partial charge in [0.15, 0.2) is 0 Å². The van der Waals surface area contributed by atoms with Gasteiger partial charge in [-0.15, -0.1) is 0 Å². The lowest BCUT2D eigenvalue weighted by molar-refractivity contribution is -0.0923. The van der Waals surface area contributed by atoms with Gasteiger partial charge in [0.2, 0.25) is 0 Å². The number of aromatic nitrogens is 2. The first-order chi connectivity index (χ1) is 8.93. The van der Waals surface area contributed by atoms with Crippen molar-refractivity contribution < 1.29 is 4.74 Å². The van der Waals surface area contributed by atoms with Crippen LogP contribution in [-0.4, -0.2) is 28.5 Å². The molecule has 1 aromatic heterocycles. The Morgan fingerprint density at radius 2 is 2.32 bits per heavy atom. The monoisotopic (exact) mass is 327 g/mol. The summed E-state index contributed by atoms with van der Waals surface area (Å²) >= 11 is 3.36. The van der Waals surface area contributed by atoms with E-state index in [-0.39, 0.29) is 11.0 Å². The molecule has 0 radical (unpaired) electrons. The Morgan fingerprint density at radius 3 is 3.05 bits per heavy atom. The maximum Gasteiger partial charge on any atom is 0.282 e. The highest BCUT2D eigenvalue weighted by Gasteiger charge is 2.59. The maximum atomic E-state index is 11.9. The van der Waals surface area contributed by atoms with Gasteiger partial charge in [-0.05, 0) is 22.4 Å². The number of hydrogen-bond donors (Lipinski definition) is 1. The lowest BCUT2D eigenvalue weighted by Crippen LogP contribution is -2.63. The molecule has 2 aliphatic rings. The van der Waals surface area contributed by atoms with E-state index >= 15 is 0 Å². The summed E-state index contributed by atoms with van der Waals surface area (Å²) in [5, 5.41) is 7.54. The number of halogens is 1. The summed E-state index contributed by atoms with van der Waals surface area (Å²) in [5.41, 5.74) is 0.731. The fourth-order valence-electron chi connectivity index (χ4n) is 3.40. The van der Waals surface area contributed by atoms with Gasteiger partial charge in [-0.1, -0.05) is 13.8 Å². The minimum atomic E-state index is -0.124. The van der Waals surface area contributed by atoms with E-state index in [1.165, 1.54) is 4.68 Å². The molecule has 1 aliphatic carbocycles. The van der Waals surface area contributed by atoms with Crippen molar-refractivity contribution in [2.75, 3.05) is 11.9 Å². The van der Waals surface area contributed by atoms with Crippen LogP contribution in [-0.2, 0) is 11.8 Å². The van der Waals surface area contributed by atoms with Crippen LogP contribution < -0.4 is 10.9 Å². The molecule has 1 aromatic rings. The van der Waals surface area contributed by atoms with Gasteiger partial charge in [-0.3, -0.25) is 4.79 Å². The average Bonchev–Trinajstić information content (AvgIpc) is 2.82. The number of fused-ring (bicyclic) bond motifs is 1. The number of anilines is 1. The van der Waals surface area contributed by atoms with Crippen molar-refractivity contribution in [1.82, 2.24) is 9.78 Å². The Labute approximate surface area is 120 Å². The van der Waals surface area contributed by atoms with E-state index in [0.717, 1.165) is 18.7 Å². The van der Waals surface area contributed by atoms with Crippen LogP contribution in [0.1, 0.15) is 20.3 Å². The van der Waals surface area contributed by atoms with E-state index < -0.39 is 0 Å². The largest absolute Gasteiger partial charge is 0.379 e. The fourth-order valence-corrected chi connectivity index (χ4v) is 3.87. The average molecular weight is 328 g/mol. The molecule has 0 unspecified atom stereocenters. The summed E-state index contributed by atoms with van der Waals surface area (Å²) < 4.78 is 7.64. The molecule has 2 heterocycles. The van der Waals surface area contributed by atoms with Crippen LogP contribution in [0.3, 0.4) is 0 Å². The molecule has 0 bridgehead atoms. The highest BCUT2D eigenvalue weighted by Crippen LogP contribution is 2.53. The number of ether oxygens (including phenoxy) is 1. The molecule has 3 atom stereocenters. The number of rotatable bonds is 2. The van der Waals surface area contributed by atoms with Crippen LogP contribution in [0, 0.1) is 11.3 Å². The van der Waals surface area contributed by atoms with Gasteiger partial charge < -0.3 is 10.1 Å². The number of aryl methyl sites for hydroxylation is 1. The van der Waals surface area contributed by atoms with Gasteiger partial charge >= 0.3 is 0 Å². The van der Waals surface area contributed by atoms with Crippen molar-refractivity contribution in [3.05, 3.63) is 21.0 Å². The maximum absolute atomic E-state index is 11.9. The van der Waals surface area contributed by atoms with Gasteiger partial charge in [0.1, 0.15) is 4.47 Å². The van der Waals surface area contributed by atoms with E-state index in [2.05, 4.69) is 40.2 Å². The van der Waals surface area contributed by atoms with Gasteiger partial charge in [0.05, 0.1) is 18.0 Å². The minimum Gasteiger partial charge on any atom is -0.379 e. The Bertz CT molecular complexity index is 569. The minimum absolute atomic E-state index is 0.0850. The SMILES string of the molecule is Cn1ncc(N[C@@H]2[C@@H]3CCO[C@H]3C2(C)C)c(Br)c1=O. The first-order valence-electron chi connectivity index (χ1n) is 6.53. The second-order valence-electron chi connectivity index (χ2n) is 5.99. The predicted octanol–water partition coefficient (Wildman–Crippen LogP) is 1.77. The summed E-state index contributed by atoms with van der Waals surface area (Å²) in [6.45, 7) is 5.26. The molecule has 0 amide bonds. The summed E-state index contributed by atoms with van der Waals surface area (Å²) in [6.07, 6.45) is 3.12.